The number of anilines is 3. The normalized spacial score (nSPS) is 11.6. The molecule has 0 atom stereocenters. The summed E-state index contributed by atoms with van der Waals surface area (Å²) in [6, 6.07) is 77.8. The highest BCUT2D eigenvalue weighted by molar-refractivity contribution is 7.26. The second-order valence-corrected chi connectivity index (χ2v) is 15.4. The van der Waals surface area contributed by atoms with Gasteiger partial charge in [0.05, 0.1) is 21.8 Å². The van der Waals surface area contributed by atoms with Gasteiger partial charge in [0, 0.05) is 26.4 Å². The summed E-state index contributed by atoms with van der Waals surface area (Å²) < 4.78 is 2.57. The SMILES string of the molecule is c1ccc(-c2c(-c3ccccc3)c3cc(-c4ccccc4N(c4cccc5ccccc45)c4cccc5c4sc4ccccc45)ccc3c3ccccc23)cc1. The maximum absolute atomic E-state index is 2.51. The molecule has 0 saturated carbocycles. The summed E-state index contributed by atoms with van der Waals surface area (Å²) in [6.45, 7) is 0. The average molecular weight is 730 g/mol. The van der Waals surface area contributed by atoms with Gasteiger partial charge in [0.2, 0.25) is 0 Å². The summed E-state index contributed by atoms with van der Waals surface area (Å²) >= 11 is 1.87. The van der Waals surface area contributed by atoms with Crippen molar-refractivity contribution >= 4 is 80.9 Å². The van der Waals surface area contributed by atoms with Gasteiger partial charge in [0.25, 0.3) is 0 Å². The van der Waals surface area contributed by atoms with Crippen LogP contribution in [0.1, 0.15) is 0 Å². The van der Waals surface area contributed by atoms with Gasteiger partial charge >= 0.3 is 0 Å². The fourth-order valence-corrected chi connectivity index (χ4v) is 9.99. The van der Waals surface area contributed by atoms with Crippen molar-refractivity contribution in [2.75, 3.05) is 4.90 Å². The van der Waals surface area contributed by atoms with Gasteiger partial charge < -0.3 is 4.90 Å². The molecule has 0 saturated heterocycles. The van der Waals surface area contributed by atoms with E-state index in [1.165, 1.54) is 91.6 Å². The topological polar surface area (TPSA) is 3.24 Å². The molecular formula is C54H35NS. The molecule has 0 bridgehead atoms. The molecule has 0 spiro atoms. The van der Waals surface area contributed by atoms with E-state index in [1.807, 2.05) is 11.3 Å². The Balaban J connectivity index is 1.22. The van der Waals surface area contributed by atoms with Gasteiger partial charge in [-0.05, 0) is 85.1 Å². The molecule has 11 aromatic rings. The molecule has 0 fully saturated rings. The van der Waals surface area contributed by atoms with Crippen LogP contribution in [0.2, 0.25) is 0 Å². The van der Waals surface area contributed by atoms with Crippen LogP contribution < -0.4 is 4.90 Å². The van der Waals surface area contributed by atoms with E-state index in [4.69, 9.17) is 0 Å². The molecule has 2 heteroatoms. The zero-order valence-corrected chi connectivity index (χ0v) is 31.4. The molecule has 0 aliphatic rings. The molecule has 0 unspecified atom stereocenters. The first-order valence-corrected chi connectivity index (χ1v) is 20.0. The highest BCUT2D eigenvalue weighted by Crippen LogP contribution is 2.50. The quantitative estimate of drug-likeness (QED) is 0.154. The van der Waals surface area contributed by atoms with Crippen molar-refractivity contribution in [1.82, 2.24) is 0 Å². The second-order valence-electron chi connectivity index (χ2n) is 14.4. The lowest BCUT2D eigenvalue weighted by atomic mass is 9.84. The Labute approximate surface area is 330 Å². The molecule has 0 N–H and O–H groups in total. The summed E-state index contributed by atoms with van der Waals surface area (Å²) in [5.74, 6) is 0. The monoisotopic (exact) mass is 729 g/mol. The van der Waals surface area contributed by atoms with Crippen molar-refractivity contribution in [3.8, 4) is 33.4 Å². The van der Waals surface area contributed by atoms with Gasteiger partial charge in [-0.1, -0.05) is 182 Å². The maximum atomic E-state index is 2.51. The molecular weight excluding hydrogens is 695 g/mol. The lowest BCUT2D eigenvalue weighted by Crippen LogP contribution is -2.12. The zero-order valence-electron chi connectivity index (χ0n) is 30.6. The highest BCUT2D eigenvalue weighted by atomic mass is 32.1. The van der Waals surface area contributed by atoms with Crippen molar-refractivity contribution in [2.45, 2.75) is 0 Å². The van der Waals surface area contributed by atoms with E-state index in [1.54, 1.807) is 0 Å². The number of para-hydroxylation sites is 1. The van der Waals surface area contributed by atoms with Crippen molar-refractivity contribution in [3.63, 3.8) is 0 Å². The molecule has 0 aliphatic carbocycles. The molecule has 11 rings (SSSR count). The van der Waals surface area contributed by atoms with Gasteiger partial charge in [0.1, 0.15) is 0 Å². The predicted octanol–water partition coefficient (Wildman–Crippen LogP) is 16.0. The lowest BCUT2D eigenvalue weighted by molar-refractivity contribution is 1.32. The predicted molar refractivity (Wildman–Crippen MR) is 243 cm³/mol. The van der Waals surface area contributed by atoms with Crippen LogP contribution >= 0.6 is 11.3 Å². The van der Waals surface area contributed by atoms with Crippen LogP contribution in [-0.2, 0) is 0 Å². The first-order chi connectivity index (χ1) is 27.8. The Bertz CT molecular complexity index is 3250. The minimum absolute atomic E-state index is 1.14. The first-order valence-electron chi connectivity index (χ1n) is 19.2. The Morgan fingerprint density at radius 2 is 0.839 bits per heavy atom. The van der Waals surface area contributed by atoms with Crippen LogP contribution in [-0.4, -0.2) is 0 Å². The van der Waals surface area contributed by atoms with Crippen molar-refractivity contribution in [1.29, 1.82) is 0 Å². The summed E-state index contributed by atoms with van der Waals surface area (Å²) in [5, 5.41) is 10.0. The number of hydrogen-bond acceptors (Lipinski definition) is 2. The standard InChI is InChI=1S/C54H35NS/c1-3-18-37(19-4-1)52-45-27-10-9-25-42(45)43-34-33-39(35-47(43)53(52)38-20-5-2-6-21-38)41-24-11-13-29-48(41)55(49-30-15-22-36-17-7-8-23-40(36)49)50-31-16-28-46-44-26-12-14-32-51(44)56-54(46)50/h1-35H. The maximum Gasteiger partial charge on any atom is 0.0640 e. The van der Waals surface area contributed by atoms with Gasteiger partial charge in [-0.25, -0.2) is 0 Å². The Morgan fingerprint density at radius 1 is 0.304 bits per heavy atom. The fraction of sp³-hybridized carbons (Fsp3) is 0. The number of hydrogen-bond donors (Lipinski definition) is 0. The minimum Gasteiger partial charge on any atom is -0.308 e. The third-order valence-electron chi connectivity index (χ3n) is 11.2. The molecule has 1 nitrogen and oxygen atoms in total. The van der Waals surface area contributed by atoms with Crippen LogP contribution in [0.3, 0.4) is 0 Å². The van der Waals surface area contributed by atoms with E-state index in [0.717, 1.165) is 11.4 Å². The van der Waals surface area contributed by atoms with Gasteiger partial charge in [-0.15, -0.1) is 11.3 Å². The van der Waals surface area contributed by atoms with E-state index in [2.05, 4.69) is 217 Å². The Hall–Kier alpha value is -7.00. The van der Waals surface area contributed by atoms with Crippen molar-refractivity contribution < 1.29 is 0 Å². The Morgan fingerprint density at radius 3 is 1.64 bits per heavy atom. The summed E-state index contributed by atoms with van der Waals surface area (Å²) in [6.07, 6.45) is 0. The fourth-order valence-electron chi connectivity index (χ4n) is 8.78. The smallest absolute Gasteiger partial charge is 0.0640 e. The van der Waals surface area contributed by atoms with Gasteiger partial charge in [-0.3, -0.25) is 0 Å². The molecule has 0 amide bonds. The van der Waals surface area contributed by atoms with Crippen LogP contribution in [0.5, 0.6) is 0 Å². The molecule has 1 aromatic heterocycles. The second kappa shape index (κ2) is 13.4. The number of benzene rings is 10. The van der Waals surface area contributed by atoms with Crippen LogP contribution in [0.4, 0.5) is 17.1 Å². The Kier molecular flexibility index (Phi) is 7.75. The van der Waals surface area contributed by atoms with E-state index in [9.17, 15) is 0 Å². The summed E-state index contributed by atoms with van der Waals surface area (Å²) in [4.78, 5) is 2.51. The van der Waals surface area contributed by atoms with Crippen LogP contribution in [0.25, 0.3) is 85.9 Å². The molecule has 56 heavy (non-hydrogen) atoms. The third kappa shape index (κ3) is 5.22. The van der Waals surface area contributed by atoms with E-state index in [0.29, 0.717) is 0 Å². The summed E-state index contributed by atoms with van der Waals surface area (Å²) in [5.41, 5.74) is 10.8. The highest BCUT2D eigenvalue weighted by Gasteiger charge is 2.24. The lowest BCUT2D eigenvalue weighted by Gasteiger charge is -2.29. The van der Waals surface area contributed by atoms with Crippen molar-refractivity contribution in [2.24, 2.45) is 0 Å². The molecule has 0 aliphatic heterocycles. The average Bonchev–Trinajstić information content (AvgIpc) is 3.66. The molecule has 10 aromatic carbocycles. The van der Waals surface area contributed by atoms with E-state index >= 15 is 0 Å². The van der Waals surface area contributed by atoms with E-state index < -0.39 is 0 Å². The molecule has 0 radical (unpaired) electrons. The molecule has 1 heterocycles. The van der Waals surface area contributed by atoms with Crippen LogP contribution in [0, 0.1) is 0 Å². The number of fused-ring (bicyclic) bond motifs is 7. The zero-order chi connectivity index (χ0) is 37.0. The first kappa shape index (κ1) is 32.4. The largest absolute Gasteiger partial charge is 0.308 e. The number of thiophene rings is 1. The third-order valence-corrected chi connectivity index (χ3v) is 12.4. The van der Waals surface area contributed by atoms with Crippen molar-refractivity contribution in [3.05, 3.63) is 212 Å². The number of nitrogens with zero attached hydrogens (tertiary/aromatic N) is 1. The van der Waals surface area contributed by atoms with E-state index in [-0.39, 0.29) is 0 Å². The van der Waals surface area contributed by atoms with Crippen LogP contribution in [0.15, 0.2) is 212 Å². The van der Waals surface area contributed by atoms with Gasteiger partial charge in [-0.2, -0.15) is 0 Å². The molecule has 262 valence electrons. The summed E-state index contributed by atoms with van der Waals surface area (Å²) in [7, 11) is 0. The number of rotatable bonds is 6. The van der Waals surface area contributed by atoms with Gasteiger partial charge in [0.15, 0.2) is 0 Å². The minimum atomic E-state index is 1.14.